The van der Waals surface area contributed by atoms with Gasteiger partial charge >= 0.3 is 0 Å². The number of carbonyl (C=O) groups excluding carboxylic acids is 2. The van der Waals surface area contributed by atoms with E-state index in [-0.39, 0.29) is 24.8 Å². The first-order chi connectivity index (χ1) is 12.3. The zero-order valence-electron chi connectivity index (χ0n) is 15.6. The molecule has 0 aliphatic carbocycles. The fourth-order valence-electron chi connectivity index (χ4n) is 3.15. The van der Waals surface area contributed by atoms with Gasteiger partial charge in [-0.15, -0.1) is 0 Å². The van der Waals surface area contributed by atoms with Gasteiger partial charge < -0.3 is 19.8 Å². The van der Waals surface area contributed by atoms with E-state index in [9.17, 15) is 14.7 Å². The maximum absolute atomic E-state index is 13.1. The predicted octanol–water partition coefficient (Wildman–Crippen LogP) is 0.430. The zero-order chi connectivity index (χ0) is 19.3. The lowest BCUT2D eigenvalue weighted by Gasteiger charge is -2.30. The van der Waals surface area contributed by atoms with Gasteiger partial charge in [-0.05, 0) is 31.8 Å². The minimum Gasteiger partial charge on any atom is -0.391 e. The number of rotatable bonds is 6. The fraction of sp³-hybridized carbons (Fsp3) is 0.526. The third-order valence-electron chi connectivity index (χ3n) is 4.53. The summed E-state index contributed by atoms with van der Waals surface area (Å²) in [7, 11) is 3.86. The van der Waals surface area contributed by atoms with E-state index in [0.29, 0.717) is 25.2 Å². The van der Waals surface area contributed by atoms with E-state index in [1.165, 1.54) is 11.8 Å². The molecule has 1 aliphatic heterocycles. The van der Waals surface area contributed by atoms with Crippen LogP contribution in [0.1, 0.15) is 24.5 Å². The fourth-order valence-corrected chi connectivity index (χ4v) is 3.15. The van der Waals surface area contributed by atoms with Gasteiger partial charge in [0.2, 0.25) is 11.8 Å². The summed E-state index contributed by atoms with van der Waals surface area (Å²) < 4.78 is 0. The number of likely N-dealkylation sites (N-methyl/N-ethyl adjacent to an activating group) is 1. The number of aliphatic hydroxyl groups excluding tert-OH is 1. The van der Waals surface area contributed by atoms with Crippen LogP contribution in [-0.2, 0) is 16.1 Å². The number of nitrogens with zero attached hydrogens (tertiary/aromatic N) is 4. The van der Waals surface area contributed by atoms with Crippen molar-refractivity contribution in [3.05, 3.63) is 35.4 Å². The Morgan fingerprint density at radius 1 is 1.35 bits per heavy atom. The van der Waals surface area contributed by atoms with E-state index in [4.69, 9.17) is 5.26 Å². The molecule has 1 aromatic carbocycles. The van der Waals surface area contributed by atoms with Crippen molar-refractivity contribution in [2.45, 2.75) is 32.0 Å². The first-order valence-electron chi connectivity index (χ1n) is 8.69. The van der Waals surface area contributed by atoms with Crippen LogP contribution in [0, 0.1) is 11.3 Å². The van der Waals surface area contributed by atoms with Gasteiger partial charge in [-0.1, -0.05) is 12.1 Å². The van der Waals surface area contributed by atoms with E-state index in [0.717, 1.165) is 5.56 Å². The molecular weight excluding hydrogens is 332 g/mol. The van der Waals surface area contributed by atoms with Gasteiger partial charge in [0.25, 0.3) is 0 Å². The van der Waals surface area contributed by atoms with Crippen molar-refractivity contribution in [2.24, 2.45) is 0 Å². The lowest BCUT2D eigenvalue weighted by atomic mass is 10.1. The van der Waals surface area contributed by atoms with Crippen molar-refractivity contribution >= 4 is 11.8 Å². The number of β-amino-alcohol motifs (C(OH)–C–C–N with tert-alkyl or cyclic N) is 1. The van der Waals surface area contributed by atoms with Crippen LogP contribution in [0.2, 0.25) is 0 Å². The first-order valence-corrected chi connectivity index (χ1v) is 8.69. The van der Waals surface area contributed by atoms with Crippen molar-refractivity contribution in [3.63, 3.8) is 0 Å². The van der Waals surface area contributed by atoms with Gasteiger partial charge in [-0.3, -0.25) is 9.59 Å². The summed E-state index contributed by atoms with van der Waals surface area (Å²) in [5.41, 5.74) is 1.41. The van der Waals surface area contributed by atoms with Gasteiger partial charge in [0.05, 0.1) is 17.7 Å². The molecule has 2 amide bonds. The number of likely N-dealkylation sites (tertiary alicyclic amines) is 1. The number of aliphatic hydroxyl groups is 1. The largest absolute Gasteiger partial charge is 0.391 e. The average molecular weight is 358 g/mol. The van der Waals surface area contributed by atoms with Gasteiger partial charge in [-0.2, -0.15) is 5.26 Å². The molecule has 2 rings (SSSR count). The highest BCUT2D eigenvalue weighted by molar-refractivity contribution is 5.87. The molecule has 0 unspecified atom stereocenters. The lowest BCUT2D eigenvalue weighted by molar-refractivity contribution is -0.143. The van der Waals surface area contributed by atoms with Crippen LogP contribution in [0.4, 0.5) is 0 Å². The molecule has 26 heavy (non-hydrogen) atoms. The van der Waals surface area contributed by atoms with E-state index >= 15 is 0 Å². The molecule has 1 saturated heterocycles. The molecule has 1 N–H and O–H groups in total. The Labute approximate surface area is 154 Å². The first kappa shape index (κ1) is 19.9. The minimum absolute atomic E-state index is 0.166. The van der Waals surface area contributed by atoms with Gasteiger partial charge in [0, 0.05) is 39.5 Å². The maximum atomic E-state index is 13.1. The number of carbonyl (C=O) groups is 2. The van der Waals surface area contributed by atoms with Crippen LogP contribution in [0.3, 0.4) is 0 Å². The maximum Gasteiger partial charge on any atom is 0.245 e. The molecule has 1 heterocycles. The Hall–Kier alpha value is -2.43. The molecule has 1 fully saturated rings. The van der Waals surface area contributed by atoms with Crippen molar-refractivity contribution in [3.8, 4) is 6.07 Å². The smallest absolute Gasteiger partial charge is 0.245 e. The summed E-state index contributed by atoms with van der Waals surface area (Å²) in [6, 6.07) is 8.63. The monoisotopic (exact) mass is 358 g/mol. The third kappa shape index (κ3) is 5.04. The Bertz CT molecular complexity index is 698. The summed E-state index contributed by atoms with van der Waals surface area (Å²) in [6.07, 6.45) is -0.416. The van der Waals surface area contributed by atoms with Crippen LogP contribution < -0.4 is 0 Å². The number of amides is 2. The SMILES string of the molecule is CC(=O)N1C[C@H](O)C[C@@H]1C(=O)N(CCN(C)C)Cc1cccc(C#N)c1. The molecule has 1 aliphatic rings. The Kier molecular flexibility index (Phi) is 6.72. The highest BCUT2D eigenvalue weighted by Gasteiger charge is 2.39. The van der Waals surface area contributed by atoms with Crippen molar-refractivity contribution in [1.82, 2.24) is 14.7 Å². The predicted molar refractivity (Wildman–Crippen MR) is 96.9 cm³/mol. The Morgan fingerprint density at radius 2 is 2.08 bits per heavy atom. The van der Waals surface area contributed by atoms with Crippen molar-refractivity contribution in [2.75, 3.05) is 33.7 Å². The summed E-state index contributed by atoms with van der Waals surface area (Å²) in [5.74, 6) is -0.375. The second-order valence-corrected chi connectivity index (χ2v) is 6.95. The molecule has 2 atom stereocenters. The number of hydrogen-bond acceptors (Lipinski definition) is 5. The van der Waals surface area contributed by atoms with E-state index < -0.39 is 12.1 Å². The van der Waals surface area contributed by atoms with Gasteiger partial charge in [-0.25, -0.2) is 0 Å². The highest BCUT2D eigenvalue weighted by atomic mass is 16.3. The quantitative estimate of drug-likeness (QED) is 0.797. The topological polar surface area (TPSA) is 87.9 Å². The Balaban J connectivity index is 2.21. The summed E-state index contributed by atoms with van der Waals surface area (Å²) in [6.45, 7) is 3.15. The number of hydrogen-bond donors (Lipinski definition) is 1. The van der Waals surface area contributed by atoms with Gasteiger partial charge in [0.1, 0.15) is 6.04 Å². The minimum atomic E-state index is -0.675. The van der Waals surface area contributed by atoms with E-state index in [1.54, 1.807) is 23.1 Å². The molecule has 0 saturated carbocycles. The normalized spacial score (nSPS) is 19.5. The van der Waals surface area contributed by atoms with Crippen LogP contribution >= 0.6 is 0 Å². The zero-order valence-corrected chi connectivity index (χ0v) is 15.6. The van der Waals surface area contributed by atoms with Gasteiger partial charge in [0.15, 0.2) is 0 Å². The highest BCUT2D eigenvalue weighted by Crippen LogP contribution is 2.21. The van der Waals surface area contributed by atoms with E-state index in [2.05, 4.69) is 6.07 Å². The average Bonchev–Trinajstić information content (AvgIpc) is 3.00. The third-order valence-corrected chi connectivity index (χ3v) is 4.53. The molecule has 1 aromatic rings. The second-order valence-electron chi connectivity index (χ2n) is 6.95. The molecule has 0 spiro atoms. The molecule has 0 aromatic heterocycles. The molecule has 0 radical (unpaired) electrons. The standard InChI is InChI=1S/C19H26N4O3/c1-14(24)23-13-17(25)10-18(23)19(26)22(8-7-21(2)3)12-16-6-4-5-15(9-16)11-20/h4-6,9,17-18,25H,7-8,10,12-13H2,1-3H3/t17-,18-/m1/s1. The lowest BCUT2D eigenvalue weighted by Crippen LogP contribution is -2.48. The molecular formula is C19H26N4O3. The second kappa shape index (κ2) is 8.79. The molecule has 7 nitrogen and oxygen atoms in total. The molecule has 0 bridgehead atoms. The van der Waals surface area contributed by atoms with Crippen LogP contribution in [0.15, 0.2) is 24.3 Å². The summed E-state index contributed by atoms with van der Waals surface area (Å²) in [5, 5.41) is 19.0. The number of benzene rings is 1. The molecule has 7 heteroatoms. The van der Waals surface area contributed by atoms with Crippen molar-refractivity contribution < 1.29 is 14.7 Å². The van der Waals surface area contributed by atoms with Crippen LogP contribution in [0.5, 0.6) is 0 Å². The van der Waals surface area contributed by atoms with Crippen LogP contribution in [0.25, 0.3) is 0 Å². The van der Waals surface area contributed by atoms with E-state index in [1.807, 2.05) is 25.1 Å². The molecule has 140 valence electrons. The summed E-state index contributed by atoms with van der Waals surface area (Å²) in [4.78, 5) is 30.1. The Morgan fingerprint density at radius 3 is 2.69 bits per heavy atom. The number of nitriles is 1. The van der Waals surface area contributed by atoms with Crippen molar-refractivity contribution in [1.29, 1.82) is 5.26 Å². The summed E-state index contributed by atoms with van der Waals surface area (Å²) >= 11 is 0. The van der Waals surface area contributed by atoms with Crippen LogP contribution in [-0.4, -0.2) is 77.5 Å².